The van der Waals surface area contributed by atoms with Crippen LogP contribution in [0.25, 0.3) is 0 Å². The summed E-state index contributed by atoms with van der Waals surface area (Å²) in [7, 11) is 1.57. The van der Waals surface area contributed by atoms with Gasteiger partial charge < -0.3 is 9.84 Å². The molecule has 20 heavy (non-hydrogen) atoms. The fourth-order valence-corrected chi connectivity index (χ4v) is 2.97. The van der Waals surface area contributed by atoms with Gasteiger partial charge in [-0.1, -0.05) is 40.5 Å². The molecule has 0 saturated heterocycles. The molecule has 4 nitrogen and oxygen atoms in total. The van der Waals surface area contributed by atoms with Gasteiger partial charge in [-0.2, -0.15) is 5.10 Å². The van der Waals surface area contributed by atoms with Gasteiger partial charge in [-0.15, -0.1) is 0 Å². The van der Waals surface area contributed by atoms with E-state index in [4.69, 9.17) is 16.3 Å². The van der Waals surface area contributed by atoms with Crippen LogP contribution in [0.1, 0.15) is 30.7 Å². The third kappa shape index (κ3) is 3.00. The first kappa shape index (κ1) is 15.4. The largest absolute Gasteiger partial charge is 0.493 e. The molecular weight excluding hydrogens is 344 g/mol. The second kappa shape index (κ2) is 6.61. The summed E-state index contributed by atoms with van der Waals surface area (Å²) < 4.78 is 7.82. The van der Waals surface area contributed by atoms with Gasteiger partial charge in [0.15, 0.2) is 5.75 Å². The van der Waals surface area contributed by atoms with E-state index in [0.717, 1.165) is 23.0 Å². The molecule has 1 heterocycles. The Morgan fingerprint density at radius 2 is 2.25 bits per heavy atom. The third-order valence-electron chi connectivity index (χ3n) is 3.02. The molecule has 1 aromatic heterocycles. The van der Waals surface area contributed by atoms with Gasteiger partial charge in [-0.25, -0.2) is 0 Å². The van der Waals surface area contributed by atoms with Gasteiger partial charge in [0.25, 0.3) is 0 Å². The molecule has 1 N–H and O–H groups in total. The number of ether oxygens (including phenoxy) is 1. The first-order valence-corrected chi connectivity index (χ1v) is 7.48. The molecular formula is C14H16BrClN2O2. The van der Waals surface area contributed by atoms with Crippen molar-refractivity contribution in [2.75, 3.05) is 7.11 Å². The van der Waals surface area contributed by atoms with Gasteiger partial charge in [0.2, 0.25) is 0 Å². The molecule has 6 heteroatoms. The zero-order valence-electron chi connectivity index (χ0n) is 11.3. The third-order valence-corrected chi connectivity index (χ3v) is 3.94. The van der Waals surface area contributed by atoms with E-state index in [0.29, 0.717) is 16.5 Å². The molecule has 0 saturated carbocycles. The number of rotatable bonds is 5. The van der Waals surface area contributed by atoms with E-state index < -0.39 is 6.10 Å². The second-order valence-corrected chi connectivity index (χ2v) is 5.68. The minimum absolute atomic E-state index is 0.577. The number of hydrogen-bond acceptors (Lipinski definition) is 3. The number of benzene rings is 1. The van der Waals surface area contributed by atoms with Crippen LogP contribution in [0.4, 0.5) is 0 Å². The lowest BCUT2D eigenvalue weighted by atomic mass is 10.1. The number of halogens is 2. The van der Waals surface area contributed by atoms with E-state index in [1.54, 1.807) is 36.2 Å². The standard InChI is InChI=1S/C14H16BrClN2O2/c1-3-6-18-13(12(20-2)8-17-18)14(19)10-5-4-9(16)7-11(10)15/h4-5,7-8,14,19H,3,6H2,1-2H3. The van der Waals surface area contributed by atoms with Crippen molar-refractivity contribution >= 4 is 27.5 Å². The Bertz CT molecular complexity index is 601. The van der Waals surface area contributed by atoms with Crippen molar-refractivity contribution in [2.24, 2.45) is 0 Å². The summed E-state index contributed by atoms with van der Waals surface area (Å²) in [5.41, 5.74) is 1.38. The molecule has 1 unspecified atom stereocenters. The number of aliphatic hydroxyl groups excluding tert-OH is 1. The van der Waals surface area contributed by atoms with Gasteiger partial charge in [0.1, 0.15) is 11.8 Å². The number of hydrogen-bond donors (Lipinski definition) is 1. The SMILES string of the molecule is CCCn1ncc(OC)c1C(O)c1ccc(Cl)cc1Br. The average Bonchev–Trinajstić information content (AvgIpc) is 2.81. The molecule has 0 aliphatic carbocycles. The minimum Gasteiger partial charge on any atom is -0.493 e. The van der Waals surface area contributed by atoms with E-state index in [2.05, 4.69) is 28.0 Å². The predicted octanol–water partition coefficient (Wildman–Crippen LogP) is 3.80. The predicted molar refractivity (Wildman–Crippen MR) is 82.3 cm³/mol. The smallest absolute Gasteiger partial charge is 0.163 e. The molecule has 1 aromatic carbocycles. The van der Waals surface area contributed by atoms with Crippen LogP contribution in [-0.2, 0) is 6.54 Å². The van der Waals surface area contributed by atoms with E-state index in [1.165, 1.54) is 0 Å². The highest BCUT2D eigenvalue weighted by Crippen LogP contribution is 2.34. The van der Waals surface area contributed by atoms with Crippen molar-refractivity contribution in [1.29, 1.82) is 0 Å². The fraction of sp³-hybridized carbons (Fsp3) is 0.357. The molecule has 0 fully saturated rings. The molecule has 0 amide bonds. The number of nitrogens with zero attached hydrogens (tertiary/aromatic N) is 2. The van der Waals surface area contributed by atoms with Crippen molar-refractivity contribution in [3.63, 3.8) is 0 Å². The zero-order valence-corrected chi connectivity index (χ0v) is 13.6. The molecule has 0 bridgehead atoms. The minimum atomic E-state index is -0.828. The number of aromatic nitrogens is 2. The molecule has 108 valence electrons. The lowest BCUT2D eigenvalue weighted by Crippen LogP contribution is -2.11. The lowest BCUT2D eigenvalue weighted by molar-refractivity contribution is 0.201. The van der Waals surface area contributed by atoms with Crippen LogP contribution in [-0.4, -0.2) is 22.0 Å². The summed E-state index contributed by atoms with van der Waals surface area (Å²) in [4.78, 5) is 0. The first-order chi connectivity index (χ1) is 9.58. The molecule has 2 rings (SSSR count). The Morgan fingerprint density at radius 1 is 1.50 bits per heavy atom. The van der Waals surface area contributed by atoms with Crippen molar-refractivity contribution in [3.8, 4) is 5.75 Å². The Kier molecular flexibility index (Phi) is 5.07. The maximum absolute atomic E-state index is 10.7. The number of aryl methyl sites for hydroxylation is 1. The topological polar surface area (TPSA) is 47.3 Å². The monoisotopic (exact) mass is 358 g/mol. The first-order valence-electron chi connectivity index (χ1n) is 6.31. The van der Waals surface area contributed by atoms with Crippen molar-refractivity contribution in [3.05, 3.63) is 45.1 Å². The molecule has 1 atom stereocenters. The Balaban J connectivity index is 2.46. The summed E-state index contributed by atoms with van der Waals surface area (Å²) in [5.74, 6) is 0.577. The number of methoxy groups -OCH3 is 1. The van der Waals surface area contributed by atoms with Crippen molar-refractivity contribution in [2.45, 2.75) is 26.0 Å². The Morgan fingerprint density at radius 3 is 2.85 bits per heavy atom. The molecule has 0 radical (unpaired) electrons. The van der Waals surface area contributed by atoms with E-state index >= 15 is 0 Å². The van der Waals surface area contributed by atoms with Crippen LogP contribution in [0.2, 0.25) is 5.02 Å². The maximum Gasteiger partial charge on any atom is 0.163 e. The van der Waals surface area contributed by atoms with Gasteiger partial charge in [-0.3, -0.25) is 4.68 Å². The van der Waals surface area contributed by atoms with Crippen LogP contribution in [0, 0.1) is 0 Å². The van der Waals surface area contributed by atoms with Gasteiger partial charge in [-0.05, 0) is 18.6 Å². The van der Waals surface area contributed by atoms with E-state index in [9.17, 15) is 5.11 Å². The molecule has 0 aliphatic rings. The van der Waals surface area contributed by atoms with Crippen molar-refractivity contribution in [1.82, 2.24) is 9.78 Å². The Labute approximate surface area is 131 Å². The fourth-order valence-electron chi connectivity index (χ4n) is 2.07. The van der Waals surface area contributed by atoms with Crippen LogP contribution in [0.15, 0.2) is 28.9 Å². The van der Waals surface area contributed by atoms with Gasteiger partial charge in [0.05, 0.1) is 13.3 Å². The second-order valence-electron chi connectivity index (χ2n) is 4.39. The summed E-state index contributed by atoms with van der Waals surface area (Å²) in [6.45, 7) is 2.78. The number of aliphatic hydroxyl groups is 1. The lowest BCUT2D eigenvalue weighted by Gasteiger charge is -2.16. The average molecular weight is 360 g/mol. The molecule has 0 aliphatic heterocycles. The van der Waals surface area contributed by atoms with Crippen LogP contribution >= 0.6 is 27.5 Å². The molecule has 0 spiro atoms. The zero-order chi connectivity index (χ0) is 14.7. The highest BCUT2D eigenvalue weighted by atomic mass is 79.9. The Hall–Kier alpha value is -1.04. The highest BCUT2D eigenvalue weighted by molar-refractivity contribution is 9.10. The van der Waals surface area contributed by atoms with Gasteiger partial charge in [0, 0.05) is 21.6 Å². The van der Waals surface area contributed by atoms with Crippen molar-refractivity contribution < 1.29 is 9.84 Å². The summed E-state index contributed by atoms with van der Waals surface area (Å²) in [5, 5.41) is 15.5. The van der Waals surface area contributed by atoms with Crippen LogP contribution in [0.5, 0.6) is 5.75 Å². The molecule has 2 aromatic rings. The maximum atomic E-state index is 10.7. The summed E-state index contributed by atoms with van der Waals surface area (Å²) in [6, 6.07) is 5.30. The highest BCUT2D eigenvalue weighted by Gasteiger charge is 2.23. The normalized spacial score (nSPS) is 12.4. The summed E-state index contributed by atoms with van der Waals surface area (Å²) in [6.07, 6.45) is 1.72. The van der Waals surface area contributed by atoms with Crippen LogP contribution in [0.3, 0.4) is 0 Å². The van der Waals surface area contributed by atoms with Crippen LogP contribution < -0.4 is 4.74 Å². The van der Waals surface area contributed by atoms with E-state index in [-0.39, 0.29) is 0 Å². The van der Waals surface area contributed by atoms with Gasteiger partial charge >= 0.3 is 0 Å². The summed E-state index contributed by atoms with van der Waals surface area (Å²) >= 11 is 9.36. The quantitative estimate of drug-likeness (QED) is 0.883. The van der Waals surface area contributed by atoms with E-state index in [1.807, 2.05) is 0 Å².